The van der Waals surface area contributed by atoms with Gasteiger partial charge in [0.15, 0.2) is 0 Å². The molecule has 3 nitrogen and oxygen atoms in total. The van der Waals surface area contributed by atoms with Crippen molar-refractivity contribution in [2.24, 2.45) is 0 Å². The number of carbonyl (C=O) groups is 1. The summed E-state index contributed by atoms with van der Waals surface area (Å²) in [7, 11) is 0. The van der Waals surface area contributed by atoms with Gasteiger partial charge >= 0.3 is 0 Å². The van der Waals surface area contributed by atoms with Gasteiger partial charge in [-0.25, -0.2) is 0 Å². The largest absolute Gasteiger partial charge is 0.339 e. The second-order valence-electron chi connectivity index (χ2n) is 4.92. The molecule has 0 atom stereocenters. The molecule has 1 amide bonds. The molecule has 4 heteroatoms. The standard InChI is InChI=1S/C15H18N2OS/c1-12-10-13-4-2-3-5-14(13)17(12)11-15(18)16-6-8-19-9-7-16/h2-5,10H,6-9,11H2,1H3. The van der Waals surface area contributed by atoms with E-state index in [4.69, 9.17) is 0 Å². The molecule has 0 saturated carbocycles. The molecule has 0 N–H and O–H groups in total. The number of carbonyl (C=O) groups excluding carboxylic acids is 1. The van der Waals surface area contributed by atoms with Crippen LogP contribution in [0.4, 0.5) is 0 Å². The van der Waals surface area contributed by atoms with E-state index in [-0.39, 0.29) is 5.91 Å². The molecule has 0 bridgehead atoms. The summed E-state index contributed by atoms with van der Waals surface area (Å²) in [5, 5.41) is 1.21. The summed E-state index contributed by atoms with van der Waals surface area (Å²) in [6.07, 6.45) is 0. The van der Waals surface area contributed by atoms with Crippen molar-refractivity contribution < 1.29 is 4.79 Å². The first-order valence-corrected chi connectivity index (χ1v) is 7.81. The van der Waals surface area contributed by atoms with E-state index in [1.165, 1.54) is 5.39 Å². The molecule has 0 radical (unpaired) electrons. The van der Waals surface area contributed by atoms with Gasteiger partial charge < -0.3 is 9.47 Å². The minimum absolute atomic E-state index is 0.241. The van der Waals surface area contributed by atoms with Crippen LogP contribution in [-0.4, -0.2) is 40.0 Å². The Morgan fingerprint density at radius 1 is 1.26 bits per heavy atom. The van der Waals surface area contributed by atoms with E-state index in [1.807, 2.05) is 28.8 Å². The normalized spacial score (nSPS) is 15.9. The predicted octanol–water partition coefficient (Wildman–Crippen LogP) is 2.53. The molecule has 0 aliphatic carbocycles. The minimum atomic E-state index is 0.241. The maximum atomic E-state index is 12.4. The molecule has 3 rings (SSSR count). The van der Waals surface area contributed by atoms with Gasteiger partial charge in [0.2, 0.25) is 5.91 Å². The Morgan fingerprint density at radius 2 is 2.00 bits per heavy atom. The average Bonchev–Trinajstić information content (AvgIpc) is 2.76. The van der Waals surface area contributed by atoms with E-state index >= 15 is 0 Å². The number of para-hydroxylation sites is 1. The second kappa shape index (κ2) is 5.29. The number of benzene rings is 1. The highest BCUT2D eigenvalue weighted by atomic mass is 32.2. The Kier molecular flexibility index (Phi) is 3.51. The fourth-order valence-electron chi connectivity index (χ4n) is 2.61. The number of aromatic nitrogens is 1. The van der Waals surface area contributed by atoms with Crippen LogP contribution in [0.3, 0.4) is 0 Å². The molecule has 100 valence electrons. The third-order valence-corrected chi connectivity index (χ3v) is 4.62. The Labute approximate surface area is 117 Å². The summed E-state index contributed by atoms with van der Waals surface area (Å²) in [5.41, 5.74) is 2.31. The maximum absolute atomic E-state index is 12.4. The highest BCUT2D eigenvalue weighted by Crippen LogP contribution is 2.19. The lowest BCUT2D eigenvalue weighted by atomic mass is 10.2. The van der Waals surface area contributed by atoms with Gasteiger partial charge in [0.25, 0.3) is 0 Å². The lowest BCUT2D eigenvalue weighted by molar-refractivity contribution is -0.131. The number of rotatable bonds is 2. The van der Waals surface area contributed by atoms with Gasteiger partial charge in [0.05, 0.1) is 0 Å². The second-order valence-corrected chi connectivity index (χ2v) is 6.15. The molecule has 1 aromatic heterocycles. The van der Waals surface area contributed by atoms with Crippen molar-refractivity contribution in [3.8, 4) is 0 Å². The van der Waals surface area contributed by atoms with Crippen molar-refractivity contribution in [1.82, 2.24) is 9.47 Å². The monoisotopic (exact) mass is 274 g/mol. The van der Waals surface area contributed by atoms with Crippen LogP contribution >= 0.6 is 11.8 Å². The summed E-state index contributed by atoms with van der Waals surface area (Å²) >= 11 is 1.93. The molecule has 2 heterocycles. The summed E-state index contributed by atoms with van der Waals surface area (Å²) < 4.78 is 2.12. The lowest BCUT2D eigenvalue weighted by Crippen LogP contribution is -2.39. The molecular formula is C15H18N2OS. The van der Waals surface area contributed by atoms with Crippen molar-refractivity contribution in [3.63, 3.8) is 0 Å². The number of thioether (sulfide) groups is 1. The Bertz CT molecular complexity index is 599. The molecule has 1 aliphatic rings. The van der Waals surface area contributed by atoms with Crippen LogP contribution in [0.25, 0.3) is 10.9 Å². The van der Waals surface area contributed by atoms with E-state index in [9.17, 15) is 4.79 Å². The molecule has 1 aromatic carbocycles. The van der Waals surface area contributed by atoms with Gasteiger partial charge in [-0.15, -0.1) is 0 Å². The molecule has 1 aliphatic heterocycles. The van der Waals surface area contributed by atoms with Crippen LogP contribution in [0.5, 0.6) is 0 Å². The van der Waals surface area contributed by atoms with Crippen LogP contribution < -0.4 is 0 Å². The van der Waals surface area contributed by atoms with E-state index in [0.29, 0.717) is 6.54 Å². The molecular weight excluding hydrogens is 256 g/mol. The molecule has 2 aromatic rings. The highest BCUT2D eigenvalue weighted by molar-refractivity contribution is 7.99. The van der Waals surface area contributed by atoms with Crippen LogP contribution in [-0.2, 0) is 11.3 Å². The van der Waals surface area contributed by atoms with Crippen molar-refractivity contribution >= 4 is 28.6 Å². The summed E-state index contributed by atoms with van der Waals surface area (Å²) in [5.74, 6) is 2.37. The third-order valence-electron chi connectivity index (χ3n) is 3.67. The van der Waals surface area contributed by atoms with E-state index in [1.54, 1.807) is 0 Å². The fraction of sp³-hybridized carbons (Fsp3) is 0.400. The molecule has 0 unspecified atom stereocenters. The summed E-state index contributed by atoms with van der Waals surface area (Å²) in [6, 6.07) is 10.4. The van der Waals surface area contributed by atoms with E-state index in [2.05, 4.69) is 29.7 Å². The van der Waals surface area contributed by atoms with Gasteiger partial charge in [-0.1, -0.05) is 18.2 Å². The summed E-state index contributed by atoms with van der Waals surface area (Å²) in [6.45, 7) is 4.31. The topological polar surface area (TPSA) is 25.2 Å². The number of hydrogen-bond donors (Lipinski definition) is 0. The number of amides is 1. The first-order valence-electron chi connectivity index (χ1n) is 6.66. The number of nitrogens with zero attached hydrogens (tertiary/aromatic N) is 2. The molecule has 0 spiro atoms. The average molecular weight is 274 g/mol. The SMILES string of the molecule is Cc1cc2ccccc2n1CC(=O)N1CCSCC1. The number of fused-ring (bicyclic) bond motifs is 1. The Morgan fingerprint density at radius 3 is 2.79 bits per heavy atom. The molecule has 19 heavy (non-hydrogen) atoms. The van der Waals surface area contributed by atoms with Crippen molar-refractivity contribution in [1.29, 1.82) is 0 Å². The zero-order valence-corrected chi connectivity index (χ0v) is 11.9. The van der Waals surface area contributed by atoms with Crippen molar-refractivity contribution in [2.75, 3.05) is 24.6 Å². The highest BCUT2D eigenvalue weighted by Gasteiger charge is 2.18. The first kappa shape index (κ1) is 12.6. The van der Waals surface area contributed by atoms with Gasteiger partial charge in [-0.2, -0.15) is 11.8 Å². The van der Waals surface area contributed by atoms with E-state index in [0.717, 1.165) is 35.8 Å². The molecule has 1 fully saturated rings. The fourth-order valence-corrected chi connectivity index (χ4v) is 3.51. The smallest absolute Gasteiger partial charge is 0.242 e. The van der Waals surface area contributed by atoms with Crippen molar-refractivity contribution in [3.05, 3.63) is 36.0 Å². The zero-order valence-electron chi connectivity index (χ0n) is 11.1. The van der Waals surface area contributed by atoms with Gasteiger partial charge in [-0.3, -0.25) is 4.79 Å². The van der Waals surface area contributed by atoms with Crippen LogP contribution in [0, 0.1) is 6.92 Å². The predicted molar refractivity (Wildman–Crippen MR) is 80.6 cm³/mol. The van der Waals surface area contributed by atoms with Gasteiger partial charge in [-0.05, 0) is 24.4 Å². The quantitative estimate of drug-likeness (QED) is 0.841. The maximum Gasteiger partial charge on any atom is 0.242 e. The Balaban J connectivity index is 1.84. The third kappa shape index (κ3) is 2.50. The number of aryl methyl sites for hydroxylation is 1. The van der Waals surface area contributed by atoms with Crippen molar-refractivity contribution in [2.45, 2.75) is 13.5 Å². The Hall–Kier alpha value is -1.42. The minimum Gasteiger partial charge on any atom is -0.339 e. The number of hydrogen-bond acceptors (Lipinski definition) is 2. The van der Waals surface area contributed by atoms with Gasteiger partial charge in [0.1, 0.15) is 6.54 Å². The van der Waals surface area contributed by atoms with Crippen LogP contribution in [0.15, 0.2) is 30.3 Å². The van der Waals surface area contributed by atoms with Crippen LogP contribution in [0.1, 0.15) is 5.69 Å². The first-order chi connectivity index (χ1) is 9.25. The lowest BCUT2D eigenvalue weighted by Gasteiger charge is -2.27. The zero-order chi connectivity index (χ0) is 13.2. The van der Waals surface area contributed by atoms with Gasteiger partial charge in [0, 0.05) is 35.8 Å². The molecule has 1 saturated heterocycles. The van der Waals surface area contributed by atoms with E-state index < -0.39 is 0 Å². The van der Waals surface area contributed by atoms with Crippen LogP contribution in [0.2, 0.25) is 0 Å². The summed E-state index contributed by atoms with van der Waals surface area (Å²) in [4.78, 5) is 14.3.